The van der Waals surface area contributed by atoms with Crippen LogP contribution in [0.4, 0.5) is 0 Å². The third-order valence-corrected chi connectivity index (χ3v) is 2.84. The number of nitrogens with one attached hydrogen (secondary N) is 1. The topological polar surface area (TPSA) is 46.2 Å². The molecule has 0 spiro atoms. The summed E-state index contributed by atoms with van der Waals surface area (Å²) < 4.78 is 0. The summed E-state index contributed by atoms with van der Waals surface area (Å²) in [6, 6.07) is 7.48. The van der Waals surface area contributed by atoms with Crippen LogP contribution < -0.4 is 5.32 Å². The van der Waals surface area contributed by atoms with E-state index in [0.717, 1.165) is 11.1 Å². The highest BCUT2D eigenvalue weighted by Gasteiger charge is 2.31. The number of rotatable bonds is 2. The third-order valence-electron chi connectivity index (χ3n) is 2.84. The first-order chi connectivity index (χ1) is 8.02. The molecule has 88 valence electrons. The Labute approximate surface area is 101 Å². The van der Waals surface area contributed by atoms with Gasteiger partial charge in [-0.3, -0.25) is 9.59 Å². The molecular formula is C14H15NO2. The molecule has 0 saturated heterocycles. The summed E-state index contributed by atoms with van der Waals surface area (Å²) in [6.07, 6.45) is 0. The lowest BCUT2D eigenvalue weighted by molar-refractivity contribution is -0.118. The van der Waals surface area contributed by atoms with Crippen molar-refractivity contribution in [3.05, 3.63) is 41.1 Å². The number of hydrogen-bond donors (Lipinski definition) is 1. The van der Waals surface area contributed by atoms with E-state index in [1.165, 1.54) is 6.92 Å². The fourth-order valence-corrected chi connectivity index (χ4v) is 2.21. The first kappa shape index (κ1) is 11.6. The van der Waals surface area contributed by atoms with Crippen LogP contribution in [0.1, 0.15) is 36.7 Å². The Balaban J connectivity index is 2.59. The standard InChI is InChI=1S/C14H15NO2/c1-8(2)12-10-6-4-5-7-11(10)14(17)13(12)15-9(3)16/h4-8H,1-3H3,(H,15,16,17). The van der Waals surface area contributed by atoms with Crippen LogP contribution >= 0.6 is 0 Å². The zero-order valence-corrected chi connectivity index (χ0v) is 10.2. The molecule has 0 radical (unpaired) electrons. The molecule has 1 N–H and O–H groups in total. The monoisotopic (exact) mass is 229 g/mol. The van der Waals surface area contributed by atoms with Gasteiger partial charge in [0.1, 0.15) is 0 Å². The van der Waals surface area contributed by atoms with Gasteiger partial charge in [0.25, 0.3) is 0 Å². The Morgan fingerprint density at radius 2 is 1.76 bits per heavy atom. The second kappa shape index (κ2) is 4.17. The maximum Gasteiger partial charge on any atom is 0.221 e. The van der Waals surface area contributed by atoms with Crippen molar-refractivity contribution < 1.29 is 9.59 Å². The first-order valence-corrected chi connectivity index (χ1v) is 5.68. The molecule has 3 heteroatoms. The molecule has 0 atom stereocenters. The lowest BCUT2D eigenvalue weighted by Crippen LogP contribution is -2.24. The van der Waals surface area contributed by atoms with E-state index < -0.39 is 0 Å². The molecule has 1 aliphatic carbocycles. The fraction of sp³-hybridized carbons (Fsp3) is 0.286. The molecule has 0 saturated carbocycles. The van der Waals surface area contributed by atoms with Crippen LogP contribution in [-0.4, -0.2) is 11.7 Å². The fourth-order valence-electron chi connectivity index (χ4n) is 2.21. The van der Waals surface area contributed by atoms with Gasteiger partial charge in [-0.15, -0.1) is 0 Å². The van der Waals surface area contributed by atoms with Crippen LogP contribution in [0.15, 0.2) is 30.0 Å². The van der Waals surface area contributed by atoms with Crippen molar-refractivity contribution in [1.29, 1.82) is 0 Å². The zero-order chi connectivity index (χ0) is 12.6. The minimum atomic E-state index is -0.209. The number of fused-ring (bicyclic) bond motifs is 1. The van der Waals surface area contributed by atoms with Gasteiger partial charge in [-0.05, 0) is 17.1 Å². The van der Waals surface area contributed by atoms with E-state index in [-0.39, 0.29) is 17.6 Å². The van der Waals surface area contributed by atoms with Crippen molar-refractivity contribution in [3.8, 4) is 0 Å². The number of hydrogen-bond acceptors (Lipinski definition) is 2. The summed E-state index contributed by atoms with van der Waals surface area (Å²) in [4.78, 5) is 23.3. The van der Waals surface area contributed by atoms with Crippen molar-refractivity contribution in [2.75, 3.05) is 0 Å². The van der Waals surface area contributed by atoms with Crippen molar-refractivity contribution in [1.82, 2.24) is 5.32 Å². The molecular weight excluding hydrogens is 214 g/mol. The Kier molecular flexibility index (Phi) is 2.84. The van der Waals surface area contributed by atoms with Crippen molar-refractivity contribution in [2.45, 2.75) is 20.8 Å². The van der Waals surface area contributed by atoms with E-state index in [0.29, 0.717) is 11.3 Å². The van der Waals surface area contributed by atoms with Gasteiger partial charge in [0.2, 0.25) is 11.7 Å². The maximum atomic E-state index is 12.2. The molecule has 1 amide bonds. The van der Waals surface area contributed by atoms with E-state index in [4.69, 9.17) is 0 Å². The largest absolute Gasteiger partial charge is 0.323 e. The predicted octanol–water partition coefficient (Wildman–Crippen LogP) is 2.39. The normalized spacial score (nSPS) is 14.2. The molecule has 0 fully saturated rings. The molecule has 17 heavy (non-hydrogen) atoms. The molecule has 2 rings (SSSR count). The second-order valence-corrected chi connectivity index (χ2v) is 4.50. The third kappa shape index (κ3) is 1.88. The minimum absolute atomic E-state index is 0.0838. The van der Waals surface area contributed by atoms with Crippen LogP contribution in [0.25, 0.3) is 5.57 Å². The average molecular weight is 229 g/mol. The molecule has 0 unspecified atom stereocenters. The number of carbonyl (C=O) groups excluding carboxylic acids is 2. The summed E-state index contributed by atoms with van der Waals surface area (Å²) in [7, 11) is 0. The Morgan fingerprint density at radius 3 is 2.29 bits per heavy atom. The SMILES string of the molecule is CC(=O)NC1=C(C(C)C)c2ccccc2C1=O. The molecule has 1 aromatic rings. The van der Waals surface area contributed by atoms with Gasteiger partial charge < -0.3 is 5.32 Å². The first-order valence-electron chi connectivity index (χ1n) is 5.68. The summed E-state index contributed by atoms with van der Waals surface area (Å²) in [6.45, 7) is 5.46. The highest BCUT2D eigenvalue weighted by molar-refractivity contribution is 6.21. The van der Waals surface area contributed by atoms with E-state index in [9.17, 15) is 9.59 Å². The highest BCUT2D eigenvalue weighted by Crippen LogP contribution is 2.36. The van der Waals surface area contributed by atoms with Gasteiger partial charge in [0, 0.05) is 12.5 Å². The molecule has 1 aliphatic rings. The number of benzene rings is 1. The van der Waals surface area contributed by atoms with Gasteiger partial charge >= 0.3 is 0 Å². The minimum Gasteiger partial charge on any atom is -0.323 e. The lowest BCUT2D eigenvalue weighted by Gasteiger charge is -2.11. The number of Topliss-reactive ketones (excluding diaryl/α,β-unsaturated/α-hetero) is 1. The second-order valence-electron chi connectivity index (χ2n) is 4.50. The van der Waals surface area contributed by atoms with Crippen LogP contribution in [0.5, 0.6) is 0 Å². The van der Waals surface area contributed by atoms with Crippen molar-refractivity contribution in [3.63, 3.8) is 0 Å². The number of allylic oxidation sites excluding steroid dienone is 2. The molecule has 0 aromatic heterocycles. The molecule has 1 aromatic carbocycles. The van der Waals surface area contributed by atoms with Crippen LogP contribution in [0.3, 0.4) is 0 Å². The Hall–Kier alpha value is -1.90. The van der Waals surface area contributed by atoms with E-state index in [1.807, 2.05) is 32.0 Å². The Morgan fingerprint density at radius 1 is 1.18 bits per heavy atom. The quantitative estimate of drug-likeness (QED) is 0.846. The number of carbonyl (C=O) groups is 2. The van der Waals surface area contributed by atoms with Crippen LogP contribution in [-0.2, 0) is 4.79 Å². The maximum absolute atomic E-state index is 12.2. The van der Waals surface area contributed by atoms with Crippen molar-refractivity contribution >= 4 is 17.3 Å². The van der Waals surface area contributed by atoms with Crippen LogP contribution in [0.2, 0.25) is 0 Å². The van der Waals surface area contributed by atoms with Crippen LogP contribution in [0, 0.1) is 5.92 Å². The Bertz CT molecular complexity index is 527. The van der Waals surface area contributed by atoms with E-state index >= 15 is 0 Å². The smallest absolute Gasteiger partial charge is 0.221 e. The van der Waals surface area contributed by atoms with Crippen molar-refractivity contribution in [2.24, 2.45) is 5.92 Å². The molecule has 0 bridgehead atoms. The molecule has 3 nitrogen and oxygen atoms in total. The van der Waals surface area contributed by atoms with E-state index in [2.05, 4.69) is 5.32 Å². The van der Waals surface area contributed by atoms with Gasteiger partial charge in [-0.1, -0.05) is 38.1 Å². The highest BCUT2D eigenvalue weighted by atomic mass is 16.2. The van der Waals surface area contributed by atoms with Gasteiger partial charge in [0.05, 0.1) is 5.70 Å². The number of amides is 1. The average Bonchev–Trinajstić information content (AvgIpc) is 2.52. The molecule has 0 aliphatic heterocycles. The summed E-state index contributed by atoms with van der Waals surface area (Å²) in [5, 5.41) is 2.66. The zero-order valence-electron chi connectivity index (χ0n) is 10.2. The van der Waals surface area contributed by atoms with Gasteiger partial charge in [0.15, 0.2) is 0 Å². The van der Waals surface area contributed by atoms with Gasteiger partial charge in [-0.25, -0.2) is 0 Å². The van der Waals surface area contributed by atoms with Gasteiger partial charge in [-0.2, -0.15) is 0 Å². The molecule has 0 heterocycles. The summed E-state index contributed by atoms with van der Waals surface area (Å²) in [5.41, 5.74) is 2.99. The number of ketones is 1. The summed E-state index contributed by atoms with van der Waals surface area (Å²) >= 11 is 0. The van der Waals surface area contributed by atoms with E-state index in [1.54, 1.807) is 6.07 Å². The lowest BCUT2D eigenvalue weighted by atomic mass is 9.96. The summed E-state index contributed by atoms with van der Waals surface area (Å²) in [5.74, 6) is -0.0942. The predicted molar refractivity (Wildman–Crippen MR) is 66.3 cm³/mol.